The molecule has 12 heavy (non-hydrogen) atoms. The van der Waals surface area contributed by atoms with E-state index in [9.17, 15) is 0 Å². The van der Waals surface area contributed by atoms with Crippen LogP contribution in [0.3, 0.4) is 0 Å². The number of aromatic nitrogens is 1. The quantitative estimate of drug-likeness (QED) is 0.530. The van der Waals surface area contributed by atoms with E-state index < -0.39 is 0 Å². The molecule has 4 heteroatoms. The summed E-state index contributed by atoms with van der Waals surface area (Å²) in [6.07, 6.45) is 2.72. The maximum absolute atomic E-state index is 4.77. The van der Waals surface area contributed by atoms with Crippen LogP contribution >= 0.6 is 11.3 Å². The second-order valence-electron chi connectivity index (χ2n) is 2.28. The lowest BCUT2D eigenvalue weighted by molar-refractivity contribution is 0.160. The Morgan fingerprint density at radius 2 is 2.33 bits per heavy atom. The standard InChI is InChI=1S/C8H11N2OS/c1-4-11-9-5-8-10-6(2)7(3)12-8/h4H2,1-3H3. The number of aryl methyl sites for hydroxylation is 2. The summed E-state index contributed by atoms with van der Waals surface area (Å²) in [5.41, 5.74) is 1.04. The van der Waals surface area contributed by atoms with Crippen LogP contribution in [0.2, 0.25) is 0 Å². The van der Waals surface area contributed by atoms with E-state index in [-0.39, 0.29) is 0 Å². The van der Waals surface area contributed by atoms with Crippen LogP contribution in [-0.4, -0.2) is 17.8 Å². The molecule has 0 saturated heterocycles. The predicted octanol–water partition coefficient (Wildman–Crippen LogP) is 2.01. The zero-order valence-corrected chi connectivity index (χ0v) is 8.23. The monoisotopic (exact) mass is 183 g/mol. The Labute approximate surface area is 76.1 Å². The topological polar surface area (TPSA) is 34.5 Å². The molecule has 0 aliphatic carbocycles. The summed E-state index contributed by atoms with van der Waals surface area (Å²) in [7, 11) is 0. The molecular formula is C8H11N2OS. The maximum atomic E-state index is 4.77. The van der Waals surface area contributed by atoms with Gasteiger partial charge in [0.05, 0.1) is 5.69 Å². The van der Waals surface area contributed by atoms with Gasteiger partial charge in [0.15, 0.2) is 6.21 Å². The molecule has 1 heterocycles. The van der Waals surface area contributed by atoms with Crippen LogP contribution in [0.1, 0.15) is 22.5 Å². The second kappa shape index (κ2) is 4.21. The number of rotatable bonds is 3. The molecule has 0 atom stereocenters. The highest BCUT2D eigenvalue weighted by molar-refractivity contribution is 7.13. The third-order valence-corrected chi connectivity index (χ3v) is 2.34. The minimum atomic E-state index is 0.566. The largest absolute Gasteiger partial charge is 0.395 e. The Morgan fingerprint density at radius 1 is 1.58 bits per heavy atom. The van der Waals surface area contributed by atoms with Crippen LogP contribution in [0.4, 0.5) is 0 Å². The fraction of sp³-hybridized carbons (Fsp3) is 0.500. The molecular weight excluding hydrogens is 172 g/mol. The van der Waals surface area contributed by atoms with Crippen molar-refractivity contribution in [3.05, 3.63) is 15.6 Å². The zero-order chi connectivity index (χ0) is 8.97. The Morgan fingerprint density at radius 3 is 2.83 bits per heavy atom. The molecule has 0 spiro atoms. The SMILES string of the molecule is CCO/N=[C]\c1nc(C)c(C)s1. The van der Waals surface area contributed by atoms with Gasteiger partial charge in [-0.1, -0.05) is 5.16 Å². The third-order valence-electron chi connectivity index (χ3n) is 1.36. The first-order valence-corrected chi connectivity index (χ1v) is 4.57. The molecule has 1 aromatic rings. The van der Waals surface area contributed by atoms with Crippen molar-refractivity contribution >= 4 is 17.6 Å². The Bertz CT molecular complexity index is 261. The molecule has 0 saturated carbocycles. The van der Waals surface area contributed by atoms with E-state index in [2.05, 4.69) is 16.4 Å². The van der Waals surface area contributed by atoms with Crippen molar-refractivity contribution < 1.29 is 4.84 Å². The van der Waals surface area contributed by atoms with E-state index in [1.165, 1.54) is 4.88 Å². The minimum Gasteiger partial charge on any atom is -0.395 e. The first-order chi connectivity index (χ1) is 5.74. The van der Waals surface area contributed by atoms with Gasteiger partial charge in [-0.05, 0) is 20.8 Å². The summed E-state index contributed by atoms with van der Waals surface area (Å²) in [6, 6.07) is 0. The van der Waals surface area contributed by atoms with Crippen molar-refractivity contribution in [2.45, 2.75) is 20.8 Å². The molecule has 65 valence electrons. The Kier molecular flexibility index (Phi) is 3.22. The highest BCUT2D eigenvalue weighted by Gasteiger charge is 2.00. The molecule has 0 bridgehead atoms. The van der Waals surface area contributed by atoms with Crippen LogP contribution in [-0.2, 0) is 4.84 Å². The molecule has 3 nitrogen and oxygen atoms in total. The average Bonchev–Trinajstić information content (AvgIpc) is 2.32. The highest BCUT2D eigenvalue weighted by Crippen LogP contribution is 2.14. The first kappa shape index (κ1) is 9.19. The summed E-state index contributed by atoms with van der Waals surface area (Å²) < 4.78 is 0. The Hall–Kier alpha value is -0.900. The molecule has 0 amide bonds. The normalized spacial score (nSPS) is 10.9. The Balaban J connectivity index is 2.64. The summed E-state index contributed by atoms with van der Waals surface area (Å²) in [5.74, 6) is 0. The average molecular weight is 183 g/mol. The smallest absolute Gasteiger partial charge is 0.170 e. The van der Waals surface area contributed by atoms with Gasteiger partial charge < -0.3 is 4.84 Å². The van der Waals surface area contributed by atoms with Crippen molar-refractivity contribution in [2.75, 3.05) is 6.61 Å². The van der Waals surface area contributed by atoms with Crippen LogP contribution < -0.4 is 0 Å². The van der Waals surface area contributed by atoms with Crippen molar-refractivity contribution in [3.8, 4) is 0 Å². The molecule has 1 rings (SSSR count). The van der Waals surface area contributed by atoms with Gasteiger partial charge in [0, 0.05) is 4.88 Å². The molecule has 1 radical (unpaired) electrons. The minimum absolute atomic E-state index is 0.566. The lowest BCUT2D eigenvalue weighted by Crippen LogP contribution is -1.83. The van der Waals surface area contributed by atoms with Gasteiger partial charge in [-0.25, -0.2) is 4.98 Å². The first-order valence-electron chi connectivity index (χ1n) is 3.76. The van der Waals surface area contributed by atoms with E-state index in [0.717, 1.165) is 10.7 Å². The van der Waals surface area contributed by atoms with Crippen LogP contribution in [0, 0.1) is 13.8 Å². The lowest BCUT2D eigenvalue weighted by atomic mass is 10.4. The fourth-order valence-corrected chi connectivity index (χ4v) is 1.41. The molecule has 0 aliphatic rings. The van der Waals surface area contributed by atoms with Crippen LogP contribution in [0.15, 0.2) is 5.16 Å². The van der Waals surface area contributed by atoms with E-state index >= 15 is 0 Å². The molecule has 0 fully saturated rings. The van der Waals surface area contributed by atoms with Crippen molar-refractivity contribution in [3.63, 3.8) is 0 Å². The third kappa shape index (κ3) is 2.30. The fourth-order valence-electron chi connectivity index (χ4n) is 0.656. The van der Waals surface area contributed by atoms with Gasteiger partial charge in [0.1, 0.15) is 11.6 Å². The van der Waals surface area contributed by atoms with Gasteiger partial charge in [0.2, 0.25) is 0 Å². The summed E-state index contributed by atoms with van der Waals surface area (Å²) in [5, 5.41) is 4.39. The maximum Gasteiger partial charge on any atom is 0.170 e. The number of thiazole rings is 1. The molecule has 0 N–H and O–H groups in total. The number of hydrogen-bond donors (Lipinski definition) is 0. The van der Waals surface area contributed by atoms with Gasteiger partial charge in [-0.3, -0.25) is 0 Å². The van der Waals surface area contributed by atoms with E-state index in [0.29, 0.717) is 6.61 Å². The zero-order valence-electron chi connectivity index (χ0n) is 7.42. The van der Waals surface area contributed by atoms with Gasteiger partial charge in [-0.15, -0.1) is 11.3 Å². The van der Waals surface area contributed by atoms with Crippen molar-refractivity contribution in [1.82, 2.24) is 4.98 Å². The highest BCUT2D eigenvalue weighted by atomic mass is 32.1. The van der Waals surface area contributed by atoms with E-state index in [4.69, 9.17) is 4.84 Å². The second-order valence-corrected chi connectivity index (χ2v) is 3.48. The van der Waals surface area contributed by atoms with Crippen molar-refractivity contribution in [2.24, 2.45) is 5.16 Å². The number of nitrogens with zero attached hydrogens (tertiary/aromatic N) is 2. The molecule has 1 aromatic heterocycles. The van der Waals surface area contributed by atoms with Crippen LogP contribution in [0.5, 0.6) is 0 Å². The van der Waals surface area contributed by atoms with Crippen molar-refractivity contribution in [1.29, 1.82) is 0 Å². The van der Waals surface area contributed by atoms with Gasteiger partial charge in [0.25, 0.3) is 0 Å². The summed E-state index contributed by atoms with van der Waals surface area (Å²) >= 11 is 1.57. The number of hydrogen-bond acceptors (Lipinski definition) is 4. The van der Waals surface area contributed by atoms with E-state index in [1.807, 2.05) is 20.8 Å². The molecule has 0 unspecified atom stereocenters. The summed E-state index contributed by atoms with van der Waals surface area (Å²) in [6.45, 7) is 6.44. The summed E-state index contributed by atoms with van der Waals surface area (Å²) in [4.78, 5) is 10.2. The van der Waals surface area contributed by atoms with Crippen LogP contribution in [0.25, 0.3) is 0 Å². The van der Waals surface area contributed by atoms with Gasteiger partial charge in [-0.2, -0.15) is 0 Å². The van der Waals surface area contributed by atoms with Gasteiger partial charge >= 0.3 is 0 Å². The molecule has 0 aromatic carbocycles. The lowest BCUT2D eigenvalue weighted by Gasteiger charge is -1.86. The molecule has 0 aliphatic heterocycles. The van der Waals surface area contributed by atoms with E-state index in [1.54, 1.807) is 11.3 Å². The predicted molar refractivity (Wildman–Crippen MR) is 49.8 cm³/mol.